The maximum Gasteiger partial charge on any atom is 0.0108 e. The molecule has 0 spiro atoms. The SMILES string of the molecule is CCCNC1CCC(CCC)CC1CN(CCC)C(C)C. The highest BCUT2D eigenvalue weighted by Gasteiger charge is 2.31. The van der Waals surface area contributed by atoms with Crippen molar-refractivity contribution >= 4 is 0 Å². The minimum absolute atomic E-state index is 0.684. The van der Waals surface area contributed by atoms with Crippen LogP contribution in [0.5, 0.6) is 0 Å². The average molecular weight is 297 g/mol. The van der Waals surface area contributed by atoms with Gasteiger partial charge in [0.2, 0.25) is 0 Å². The molecule has 3 unspecified atom stereocenters. The smallest absolute Gasteiger partial charge is 0.0108 e. The van der Waals surface area contributed by atoms with Crippen molar-refractivity contribution in [3.63, 3.8) is 0 Å². The zero-order chi connectivity index (χ0) is 15.7. The van der Waals surface area contributed by atoms with Gasteiger partial charge in [-0.05, 0) is 70.9 Å². The fourth-order valence-electron chi connectivity index (χ4n) is 3.98. The third kappa shape index (κ3) is 6.69. The Morgan fingerprint density at radius 2 is 1.81 bits per heavy atom. The fourth-order valence-corrected chi connectivity index (χ4v) is 3.98. The molecule has 3 atom stereocenters. The van der Waals surface area contributed by atoms with Crippen LogP contribution in [0.15, 0.2) is 0 Å². The molecular formula is C19H40N2. The van der Waals surface area contributed by atoms with E-state index in [-0.39, 0.29) is 0 Å². The summed E-state index contributed by atoms with van der Waals surface area (Å²) in [6.07, 6.45) is 9.61. The standard InChI is InChI=1S/C19H40N2/c1-6-9-17-10-11-19(20-12-7-2)18(14-17)15-21(13-8-3)16(4)5/h16-20H,6-15H2,1-5H3. The summed E-state index contributed by atoms with van der Waals surface area (Å²) < 4.78 is 0. The molecular weight excluding hydrogens is 256 g/mol. The lowest BCUT2D eigenvalue weighted by molar-refractivity contribution is 0.117. The van der Waals surface area contributed by atoms with Crippen LogP contribution in [0.2, 0.25) is 0 Å². The molecule has 0 saturated heterocycles. The first-order chi connectivity index (χ1) is 10.1. The second-order valence-electron chi connectivity index (χ2n) is 7.38. The molecule has 1 fully saturated rings. The molecule has 1 aliphatic carbocycles. The van der Waals surface area contributed by atoms with Crippen molar-refractivity contribution in [3.8, 4) is 0 Å². The molecule has 0 aromatic rings. The van der Waals surface area contributed by atoms with Gasteiger partial charge >= 0.3 is 0 Å². The van der Waals surface area contributed by atoms with Crippen LogP contribution in [-0.2, 0) is 0 Å². The number of hydrogen-bond donors (Lipinski definition) is 1. The highest BCUT2D eigenvalue weighted by molar-refractivity contribution is 4.87. The first kappa shape index (κ1) is 19.0. The molecule has 0 heterocycles. The summed E-state index contributed by atoms with van der Waals surface area (Å²) in [5, 5.41) is 3.84. The second-order valence-corrected chi connectivity index (χ2v) is 7.38. The second kappa shape index (κ2) is 10.6. The van der Waals surface area contributed by atoms with Gasteiger partial charge in [-0.1, -0.05) is 33.6 Å². The lowest BCUT2D eigenvalue weighted by atomic mass is 9.76. The van der Waals surface area contributed by atoms with Crippen LogP contribution in [-0.4, -0.2) is 36.6 Å². The normalized spacial score (nSPS) is 26.7. The molecule has 0 amide bonds. The molecule has 0 bridgehead atoms. The predicted octanol–water partition coefficient (Wildman–Crippen LogP) is 4.69. The van der Waals surface area contributed by atoms with E-state index in [1.807, 2.05) is 0 Å². The van der Waals surface area contributed by atoms with Gasteiger partial charge in [-0.3, -0.25) is 0 Å². The molecule has 126 valence electrons. The molecule has 2 heteroatoms. The Kier molecular flexibility index (Phi) is 9.59. The van der Waals surface area contributed by atoms with E-state index in [0.29, 0.717) is 6.04 Å². The molecule has 0 aromatic carbocycles. The van der Waals surface area contributed by atoms with Crippen molar-refractivity contribution in [1.29, 1.82) is 0 Å². The van der Waals surface area contributed by atoms with Gasteiger partial charge in [0.1, 0.15) is 0 Å². The third-order valence-electron chi connectivity index (χ3n) is 5.15. The van der Waals surface area contributed by atoms with Crippen molar-refractivity contribution in [2.75, 3.05) is 19.6 Å². The molecule has 1 saturated carbocycles. The van der Waals surface area contributed by atoms with E-state index in [9.17, 15) is 0 Å². The lowest BCUT2D eigenvalue weighted by Gasteiger charge is -2.40. The van der Waals surface area contributed by atoms with E-state index in [1.165, 1.54) is 64.6 Å². The van der Waals surface area contributed by atoms with E-state index in [4.69, 9.17) is 0 Å². The minimum atomic E-state index is 0.684. The van der Waals surface area contributed by atoms with Gasteiger partial charge in [-0.2, -0.15) is 0 Å². The van der Waals surface area contributed by atoms with E-state index >= 15 is 0 Å². The molecule has 1 aliphatic rings. The summed E-state index contributed by atoms with van der Waals surface area (Å²) in [7, 11) is 0. The van der Waals surface area contributed by atoms with Gasteiger partial charge in [-0.15, -0.1) is 0 Å². The zero-order valence-electron chi connectivity index (χ0n) is 15.3. The lowest BCUT2D eigenvalue weighted by Crippen LogP contribution is -2.47. The fraction of sp³-hybridized carbons (Fsp3) is 1.00. The van der Waals surface area contributed by atoms with Gasteiger partial charge in [0.25, 0.3) is 0 Å². The Morgan fingerprint density at radius 3 is 2.38 bits per heavy atom. The van der Waals surface area contributed by atoms with Crippen LogP contribution in [0.25, 0.3) is 0 Å². The molecule has 1 rings (SSSR count). The Bertz CT molecular complexity index is 252. The van der Waals surface area contributed by atoms with Gasteiger partial charge in [0.15, 0.2) is 0 Å². The van der Waals surface area contributed by atoms with Crippen LogP contribution < -0.4 is 5.32 Å². The first-order valence-electron chi connectivity index (χ1n) is 9.59. The minimum Gasteiger partial charge on any atom is -0.314 e. The van der Waals surface area contributed by atoms with Gasteiger partial charge < -0.3 is 10.2 Å². The number of rotatable bonds is 10. The van der Waals surface area contributed by atoms with E-state index < -0.39 is 0 Å². The Labute approximate surface area is 134 Å². The molecule has 2 nitrogen and oxygen atoms in total. The van der Waals surface area contributed by atoms with Gasteiger partial charge in [-0.25, -0.2) is 0 Å². The monoisotopic (exact) mass is 296 g/mol. The van der Waals surface area contributed by atoms with Crippen molar-refractivity contribution in [1.82, 2.24) is 10.2 Å². The summed E-state index contributed by atoms with van der Waals surface area (Å²) in [6, 6.07) is 1.44. The summed E-state index contributed by atoms with van der Waals surface area (Å²) in [6.45, 7) is 15.4. The van der Waals surface area contributed by atoms with Crippen LogP contribution in [0.3, 0.4) is 0 Å². The highest BCUT2D eigenvalue weighted by atomic mass is 15.1. The first-order valence-corrected chi connectivity index (χ1v) is 9.59. The molecule has 0 aromatic heterocycles. The van der Waals surface area contributed by atoms with Gasteiger partial charge in [0, 0.05) is 18.6 Å². The number of nitrogens with zero attached hydrogens (tertiary/aromatic N) is 1. The quantitative estimate of drug-likeness (QED) is 0.629. The summed E-state index contributed by atoms with van der Waals surface area (Å²) in [5.41, 5.74) is 0. The maximum atomic E-state index is 3.84. The number of hydrogen-bond acceptors (Lipinski definition) is 2. The molecule has 1 N–H and O–H groups in total. The average Bonchev–Trinajstić information content (AvgIpc) is 2.46. The van der Waals surface area contributed by atoms with Crippen LogP contribution >= 0.6 is 0 Å². The topological polar surface area (TPSA) is 15.3 Å². The van der Waals surface area contributed by atoms with E-state index in [2.05, 4.69) is 44.8 Å². The van der Waals surface area contributed by atoms with E-state index in [0.717, 1.165) is 17.9 Å². The van der Waals surface area contributed by atoms with Crippen molar-refractivity contribution in [2.24, 2.45) is 11.8 Å². The number of nitrogens with one attached hydrogen (secondary N) is 1. The summed E-state index contributed by atoms with van der Waals surface area (Å²) in [4.78, 5) is 2.71. The zero-order valence-corrected chi connectivity index (χ0v) is 15.3. The summed E-state index contributed by atoms with van der Waals surface area (Å²) >= 11 is 0. The van der Waals surface area contributed by atoms with Crippen LogP contribution in [0, 0.1) is 11.8 Å². The molecule has 0 aliphatic heterocycles. The largest absolute Gasteiger partial charge is 0.314 e. The Balaban J connectivity index is 2.62. The van der Waals surface area contributed by atoms with Crippen LogP contribution in [0.1, 0.15) is 79.6 Å². The van der Waals surface area contributed by atoms with Crippen molar-refractivity contribution < 1.29 is 0 Å². The molecule has 21 heavy (non-hydrogen) atoms. The Hall–Kier alpha value is -0.0800. The van der Waals surface area contributed by atoms with Crippen molar-refractivity contribution in [2.45, 2.75) is 91.6 Å². The summed E-state index contributed by atoms with van der Waals surface area (Å²) in [5.74, 6) is 1.84. The van der Waals surface area contributed by atoms with Gasteiger partial charge in [0.05, 0.1) is 0 Å². The third-order valence-corrected chi connectivity index (χ3v) is 5.15. The molecule has 0 radical (unpaired) electrons. The van der Waals surface area contributed by atoms with Crippen molar-refractivity contribution in [3.05, 3.63) is 0 Å². The van der Waals surface area contributed by atoms with Crippen LogP contribution in [0.4, 0.5) is 0 Å². The predicted molar refractivity (Wildman–Crippen MR) is 94.8 cm³/mol. The Morgan fingerprint density at radius 1 is 1.05 bits per heavy atom. The van der Waals surface area contributed by atoms with E-state index in [1.54, 1.807) is 0 Å². The highest BCUT2D eigenvalue weighted by Crippen LogP contribution is 2.33. The maximum absolute atomic E-state index is 3.84.